The zero-order valence-electron chi connectivity index (χ0n) is 12.9. The van der Waals surface area contributed by atoms with Crippen LogP contribution in [-0.2, 0) is 0 Å². The molecule has 2 atom stereocenters. The van der Waals surface area contributed by atoms with Gasteiger partial charge in [-0.15, -0.1) is 11.3 Å². The van der Waals surface area contributed by atoms with E-state index in [4.69, 9.17) is 0 Å². The van der Waals surface area contributed by atoms with Crippen molar-refractivity contribution in [3.05, 3.63) is 23.1 Å². The summed E-state index contributed by atoms with van der Waals surface area (Å²) in [5.74, 6) is 1.36. The SMILES string of the molecule is CC1(C)CCC(C[C@H](O)c2c(C3CC3)sc3cncn23)C1. The quantitative estimate of drug-likeness (QED) is 0.901. The molecule has 0 aliphatic heterocycles. The van der Waals surface area contributed by atoms with E-state index in [0.717, 1.165) is 12.1 Å². The number of thiazole rings is 1. The van der Waals surface area contributed by atoms with Crippen molar-refractivity contribution in [3.8, 4) is 0 Å². The summed E-state index contributed by atoms with van der Waals surface area (Å²) in [6, 6.07) is 0. The lowest BCUT2D eigenvalue weighted by Gasteiger charge is -2.19. The van der Waals surface area contributed by atoms with Gasteiger partial charge in [0.15, 0.2) is 0 Å². The Labute approximate surface area is 130 Å². The third kappa shape index (κ3) is 2.53. The highest BCUT2D eigenvalue weighted by Gasteiger charge is 2.35. The van der Waals surface area contributed by atoms with Crippen molar-refractivity contribution >= 4 is 16.2 Å². The first-order valence-electron chi connectivity index (χ1n) is 8.16. The van der Waals surface area contributed by atoms with Gasteiger partial charge in [-0.25, -0.2) is 4.98 Å². The second-order valence-corrected chi connectivity index (χ2v) is 8.81. The summed E-state index contributed by atoms with van der Waals surface area (Å²) in [7, 11) is 0. The van der Waals surface area contributed by atoms with Crippen LogP contribution >= 0.6 is 11.3 Å². The summed E-state index contributed by atoms with van der Waals surface area (Å²) >= 11 is 1.83. The van der Waals surface area contributed by atoms with Gasteiger partial charge in [-0.1, -0.05) is 13.8 Å². The van der Waals surface area contributed by atoms with Gasteiger partial charge in [-0.2, -0.15) is 0 Å². The Kier molecular flexibility index (Phi) is 3.16. The maximum Gasteiger partial charge on any atom is 0.120 e. The van der Waals surface area contributed by atoms with Crippen molar-refractivity contribution in [1.82, 2.24) is 9.38 Å². The number of nitrogens with zero attached hydrogens (tertiary/aromatic N) is 2. The molecule has 0 aromatic carbocycles. The molecule has 2 aliphatic carbocycles. The van der Waals surface area contributed by atoms with Gasteiger partial charge in [-0.3, -0.25) is 4.40 Å². The standard InChI is InChI=1S/C17H24N2OS/c1-17(2)6-5-11(8-17)7-13(20)15-16(12-3-4-12)21-14-9-18-10-19(14)15/h9-13,20H,3-8H2,1-2H3/t11?,13-/m0/s1. The number of aliphatic hydroxyl groups excluding tert-OH is 1. The van der Waals surface area contributed by atoms with Crippen LogP contribution in [0.3, 0.4) is 0 Å². The molecule has 114 valence electrons. The molecule has 4 heteroatoms. The molecule has 2 aromatic heterocycles. The largest absolute Gasteiger partial charge is 0.387 e. The molecule has 0 bridgehead atoms. The molecule has 2 heterocycles. The smallest absolute Gasteiger partial charge is 0.120 e. The van der Waals surface area contributed by atoms with E-state index in [1.807, 2.05) is 23.9 Å². The van der Waals surface area contributed by atoms with Crippen molar-refractivity contribution in [2.75, 3.05) is 0 Å². The number of fused-ring (bicyclic) bond motifs is 1. The van der Waals surface area contributed by atoms with Crippen LogP contribution in [0, 0.1) is 11.3 Å². The molecule has 4 rings (SSSR count). The van der Waals surface area contributed by atoms with Crippen molar-refractivity contribution < 1.29 is 5.11 Å². The molecule has 1 N–H and O–H groups in total. The van der Waals surface area contributed by atoms with Crippen molar-refractivity contribution in [2.24, 2.45) is 11.3 Å². The summed E-state index contributed by atoms with van der Waals surface area (Å²) in [6.45, 7) is 4.71. The summed E-state index contributed by atoms with van der Waals surface area (Å²) in [5.41, 5.74) is 1.60. The van der Waals surface area contributed by atoms with Crippen molar-refractivity contribution in [1.29, 1.82) is 0 Å². The Balaban J connectivity index is 1.60. The van der Waals surface area contributed by atoms with Gasteiger partial charge >= 0.3 is 0 Å². The molecule has 0 spiro atoms. The summed E-state index contributed by atoms with van der Waals surface area (Å²) < 4.78 is 2.13. The molecule has 1 unspecified atom stereocenters. The monoisotopic (exact) mass is 304 g/mol. The predicted molar refractivity (Wildman–Crippen MR) is 85.7 cm³/mol. The van der Waals surface area contributed by atoms with Crippen LogP contribution in [0.25, 0.3) is 4.83 Å². The minimum atomic E-state index is -0.331. The molecule has 2 aromatic rings. The van der Waals surface area contributed by atoms with E-state index in [0.29, 0.717) is 17.3 Å². The fourth-order valence-electron chi connectivity index (χ4n) is 3.99. The average Bonchev–Trinajstić information content (AvgIpc) is 2.90. The number of aliphatic hydroxyl groups is 1. The highest BCUT2D eigenvalue weighted by atomic mass is 32.1. The molecular weight excluding hydrogens is 280 g/mol. The van der Waals surface area contributed by atoms with Gasteiger partial charge in [-0.05, 0) is 55.8 Å². The summed E-state index contributed by atoms with van der Waals surface area (Å²) in [5, 5.41) is 10.9. The molecule has 21 heavy (non-hydrogen) atoms. The van der Waals surface area contributed by atoms with E-state index in [1.54, 1.807) is 0 Å². The van der Waals surface area contributed by atoms with E-state index < -0.39 is 0 Å². The lowest BCUT2D eigenvalue weighted by atomic mass is 9.89. The molecular formula is C17H24N2OS. The van der Waals surface area contributed by atoms with Gasteiger partial charge in [0, 0.05) is 4.88 Å². The zero-order chi connectivity index (χ0) is 14.6. The zero-order valence-corrected chi connectivity index (χ0v) is 13.7. The Morgan fingerprint density at radius 2 is 2.24 bits per heavy atom. The molecule has 2 saturated carbocycles. The maximum absolute atomic E-state index is 10.9. The molecule has 2 aliphatic rings. The minimum absolute atomic E-state index is 0.331. The van der Waals surface area contributed by atoms with Gasteiger partial charge in [0.25, 0.3) is 0 Å². The Bertz CT molecular complexity index is 653. The molecule has 0 radical (unpaired) electrons. The van der Waals surface area contributed by atoms with Gasteiger partial charge < -0.3 is 5.11 Å². The average molecular weight is 304 g/mol. The van der Waals surface area contributed by atoms with E-state index in [2.05, 4.69) is 23.2 Å². The van der Waals surface area contributed by atoms with Crippen LogP contribution in [0.1, 0.15) is 75.0 Å². The third-order valence-electron chi connectivity index (χ3n) is 5.22. The van der Waals surface area contributed by atoms with Crippen LogP contribution < -0.4 is 0 Å². The van der Waals surface area contributed by atoms with Gasteiger partial charge in [0.05, 0.1) is 18.0 Å². The Hall–Kier alpha value is -0.870. The van der Waals surface area contributed by atoms with E-state index in [1.165, 1.54) is 41.8 Å². The number of imidazole rings is 1. The topological polar surface area (TPSA) is 37.5 Å². The second-order valence-electron chi connectivity index (χ2n) is 7.75. The van der Waals surface area contributed by atoms with E-state index in [-0.39, 0.29) is 6.10 Å². The maximum atomic E-state index is 10.9. The number of hydrogen-bond acceptors (Lipinski definition) is 3. The lowest BCUT2D eigenvalue weighted by Crippen LogP contribution is -2.10. The fraction of sp³-hybridized carbons (Fsp3) is 0.706. The minimum Gasteiger partial charge on any atom is -0.387 e. The molecule has 0 amide bonds. The van der Waals surface area contributed by atoms with Crippen LogP contribution in [0.15, 0.2) is 12.5 Å². The first kappa shape index (κ1) is 13.8. The van der Waals surface area contributed by atoms with E-state index in [9.17, 15) is 5.11 Å². The summed E-state index contributed by atoms with van der Waals surface area (Å²) in [4.78, 5) is 6.83. The Morgan fingerprint density at radius 3 is 2.90 bits per heavy atom. The number of aromatic nitrogens is 2. The number of rotatable bonds is 4. The molecule has 0 saturated heterocycles. The molecule has 3 nitrogen and oxygen atoms in total. The van der Waals surface area contributed by atoms with Crippen LogP contribution in [0.2, 0.25) is 0 Å². The predicted octanol–water partition coefficient (Wildman–Crippen LogP) is 4.52. The number of hydrogen-bond donors (Lipinski definition) is 1. The molecule has 2 fully saturated rings. The second kappa shape index (κ2) is 4.82. The van der Waals surface area contributed by atoms with Crippen LogP contribution in [0.4, 0.5) is 0 Å². The normalized spacial score (nSPS) is 26.5. The first-order valence-corrected chi connectivity index (χ1v) is 8.98. The van der Waals surface area contributed by atoms with E-state index >= 15 is 0 Å². The van der Waals surface area contributed by atoms with Crippen LogP contribution in [-0.4, -0.2) is 14.5 Å². The highest BCUT2D eigenvalue weighted by Crippen LogP contribution is 2.49. The van der Waals surface area contributed by atoms with Crippen molar-refractivity contribution in [3.63, 3.8) is 0 Å². The van der Waals surface area contributed by atoms with Gasteiger partial charge in [0.1, 0.15) is 11.2 Å². The summed E-state index contributed by atoms with van der Waals surface area (Å²) in [6.07, 6.45) is 10.8. The van der Waals surface area contributed by atoms with Crippen molar-refractivity contribution in [2.45, 2.75) is 64.4 Å². The lowest BCUT2D eigenvalue weighted by molar-refractivity contribution is 0.136. The third-order valence-corrected chi connectivity index (χ3v) is 6.50. The Morgan fingerprint density at radius 1 is 1.43 bits per heavy atom. The first-order chi connectivity index (χ1) is 10.0. The highest BCUT2D eigenvalue weighted by molar-refractivity contribution is 7.17. The van der Waals surface area contributed by atoms with Gasteiger partial charge in [0.2, 0.25) is 0 Å². The fourth-order valence-corrected chi connectivity index (χ4v) is 5.32. The van der Waals surface area contributed by atoms with Crippen LogP contribution in [0.5, 0.6) is 0 Å².